The Morgan fingerprint density at radius 2 is 1.77 bits per heavy atom. The van der Waals surface area contributed by atoms with E-state index in [1.807, 2.05) is 6.07 Å². The monoisotopic (exact) mass is 481 g/mol. The van der Waals surface area contributed by atoms with Crippen LogP contribution in [0.5, 0.6) is 0 Å². The van der Waals surface area contributed by atoms with E-state index >= 15 is 0 Å². The van der Waals surface area contributed by atoms with E-state index in [2.05, 4.69) is 65.0 Å². The van der Waals surface area contributed by atoms with Crippen LogP contribution in [0.2, 0.25) is 0 Å². The number of thiophene rings is 1. The van der Waals surface area contributed by atoms with Crippen molar-refractivity contribution in [1.82, 2.24) is 4.57 Å². The number of benzene rings is 3. The van der Waals surface area contributed by atoms with Gasteiger partial charge < -0.3 is 4.57 Å². The van der Waals surface area contributed by atoms with Crippen molar-refractivity contribution in [2.24, 2.45) is 4.99 Å². The second-order valence-electron chi connectivity index (χ2n) is 8.70. The molecule has 0 spiro atoms. The number of hydrogen-bond donors (Lipinski definition) is 0. The molecule has 176 valence electrons. The van der Waals surface area contributed by atoms with Crippen LogP contribution in [0.15, 0.2) is 83.9 Å². The maximum atomic E-state index is 11.0. The number of para-hydroxylation sites is 1. The summed E-state index contributed by atoms with van der Waals surface area (Å²) in [6.07, 6.45) is 6.76. The summed E-state index contributed by atoms with van der Waals surface area (Å²) in [5, 5.41) is 13.6. The first-order valence-corrected chi connectivity index (χ1v) is 12.9. The second kappa shape index (κ2) is 10.2. The highest BCUT2D eigenvalue weighted by Crippen LogP contribution is 2.35. The van der Waals surface area contributed by atoms with Crippen LogP contribution in [0.1, 0.15) is 37.5 Å². The molecule has 0 radical (unpaired) electrons. The first-order chi connectivity index (χ1) is 17.1. The van der Waals surface area contributed by atoms with Gasteiger partial charge in [-0.3, -0.25) is 15.1 Å². The van der Waals surface area contributed by atoms with Crippen molar-refractivity contribution in [3.8, 4) is 10.4 Å². The molecule has 0 saturated carbocycles. The van der Waals surface area contributed by atoms with Crippen LogP contribution >= 0.6 is 11.3 Å². The number of nitrogens with zero attached hydrogens (tertiary/aromatic N) is 3. The van der Waals surface area contributed by atoms with Crippen LogP contribution in [-0.2, 0) is 6.54 Å². The van der Waals surface area contributed by atoms with Gasteiger partial charge in [-0.05, 0) is 48.4 Å². The van der Waals surface area contributed by atoms with Gasteiger partial charge in [0.25, 0.3) is 5.69 Å². The Hall–Kier alpha value is -3.77. The van der Waals surface area contributed by atoms with Crippen LogP contribution in [0.4, 0.5) is 11.4 Å². The van der Waals surface area contributed by atoms with Gasteiger partial charge in [-0.15, -0.1) is 11.3 Å². The number of non-ortho nitro benzene ring substituents is 1. The zero-order valence-electron chi connectivity index (χ0n) is 19.7. The van der Waals surface area contributed by atoms with Crippen molar-refractivity contribution in [2.45, 2.75) is 39.2 Å². The van der Waals surface area contributed by atoms with E-state index in [1.54, 1.807) is 29.7 Å². The van der Waals surface area contributed by atoms with Crippen LogP contribution < -0.4 is 0 Å². The van der Waals surface area contributed by atoms with Gasteiger partial charge in [0.2, 0.25) is 0 Å². The predicted molar refractivity (Wildman–Crippen MR) is 147 cm³/mol. The molecule has 0 N–H and O–H groups in total. The molecule has 0 atom stereocenters. The third kappa shape index (κ3) is 4.88. The highest BCUT2D eigenvalue weighted by molar-refractivity contribution is 7.17. The summed E-state index contributed by atoms with van der Waals surface area (Å²) in [7, 11) is 0. The molecule has 0 unspecified atom stereocenters. The van der Waals surface area contributed by atoms with Crippen LogP contribution in [0, 0.1) is 10.1 Å². The Bertz CT molecular complexity index is 1530. The molecule has 2 heterocycles. The van der Waals surface area contributed by atoms with E-state index in [-0.39, 0.29) is 5.69 Å². The molecule has 35 heavy (non-hydrogen) atoms. The lowest BCUT2D eigenvalue weighted by Crippen LogP contribution is -1.97. The molecule has 0 bridgehead atoms. The molecule has 2 aromatic heterocycles. The van der Waals surface area contributed by atoms with Gasteiger partial charge in [-0.25, -0.2) is 0 Å². The fourth-order valence-corrected chi connectivity index (χ4v) is 5.42. The number of fused-ring (bicyclic) bond motifs is 3. The zero-order valence-corrected chi connectivity index (χ0v) is 20.5. The first kappa shape index (κ1) is 23.0. The third-order valence-electron chi connectivity index (χ3n) is 6.30. The summed E-state index contributed by atoms with van der Waals surface area (Å²) in [5.41, 5.74) is 4.39. The molecule has 5 rings (SSSR count). The highest BCUT2D eigenvalue weighted by Gasteiger charge is 2.12. The number of unbranched alkanes of at least 4 members (excludes halogenated alkanes) is 3. The highest BCUT2D eigenvalue weighted by atomic mass is 32.1. The van der Waals surface area contributed by atoms with Gasteiger partial charge in [0.15, 0.2) is 0 Å². The molecule has 5 aromatic rings. The summed E-state index contributed by atoms with van der Waals surface area (Å²) >= 11 is 1.67. The van der Waals surface area contributed by atoms with Crippen molar-refractivity contribution in [1.29, 1.82) is 0 Å². The van der Waals surface area contributed by atoms with E-state index in [0.717, 1.165) is 11.4 Å². The minimum Gasteiger partial charge on any atom is -0.340 e. The number of aromatic nitrogens is 1. The van der Waals surface area contributed by atoms with E-state index < -0.39 is 4.92 Å². The minimum absolute atomic E-state index is 0.0457. The van der Waals surface area contributed by atoms with Crippen LogP contribution in [0.3, 0.4) is 0 Å². The normalized spacial score (nSPS) is 11.7. The average Bonchev–Trinajstić information content (AvgIpc) is 3.48. The Morgan fingerprint density at radius 1 is 0.914 bits per heavy atom. The molecule has 0 aliphatic rings. The third-order valence-corrected chi connectivity index (χ3v) is 7.37. The molecule has 0 aliphatic heterocycles. The first-order valence-electron chi connectivity index (χ1n) is 12.0. The molecule has 5 nitrogen and oxygen atoms in total. The van der Waals surface area contributed by atoms with Gasteiger partial charge >= 0.3 is 0 Å². The topological polar surface area (TPSA) is 60.4 Å². The molecule has 0 saturated heterocycles. The largest absolute Gasteiger partial charge is 0.340 e. The summed E-state index contributed by atoms with van der Waals surface area (Å²) in [6.45, 7) is 3.29. The Morgan fingerprint density at radius 3 is 2.63 bits per heavy atom. The van der Waals surface area contributed by atoms with Crippen LogP contribution in [0.25, 0.3) is 32.2 Å². The smallest absolute Gasteiger partial charge is 0.271 e. The van der Waals surface area contributed by atoms with Crippen molar-refractivity contribution in [3.63, 3.8) is 0 Å². The van der Waals surface area contributed by atoms with Crippen molar-refractivity contribution in [2.75, 3.05) is 0 Å². The number of aryl methyl sites for hydroxylation is 1. The van der Waals surface area contributed by atoms with E-state index in [9.17, 15) is 10.1 Å². The standard InChI is InChI=1S/C29H27N3O2S/c1-2-3-4-7-17-31-27-12-6-5-11-25(27)26-18-21(13-15-28(26)31)29-16-14-24(35-29)20-30-22-9-8-10-23(19-22)32(33)34/h5-6,8-16,18-20H,2-4,7,17H2,1H3. The zero-order chi connectivity index (χ0) is 24.2. The summed E-state index contributed by atoms with van der Waals surface area (Å²) in [4.78, 5) is 17.2. The SMILES string of the molecule is CCCCCCn1c2ccccc2c2cc(-c3ccc(C=Nc4cccc([N+](=O)[O-])c4)s3)ccc21. The lowest BCUT2D eigenvalue weighted by molar-refractivity contribution is -0.384. The molecule has 3 aromatic carbocycles. The quantitative estimate of drug-likeness (QED) is 0.0914. The van der Waals surface area contributed by atoms with Gasteiger partial charge in [0.05, 0.1) is 10.6 Å². The van der Waals surface area contributed by atoms with Crippen molar-refractivity contribution < 1.29 is 4.92 Å². The summed E-state index contributed by atoms with van der Waals surface area (Å²) in [5.74, 6) is 0. The van der Waals surface area contributed by atoms with Gasteiger partial charge in [-0.1, -0.05) is 56.5 Å². The second-order valence-corrected chi connectivity index (χ2v) is 9.81. The average molecular weight is 482 g/mol. The lowest BCUT2D eigenvalue weighted by Gasteiger charge is -2.07. The van der Waals surface area contributed by atoms with Gasteiger partial charge in [-0.2, -0.15) is 0 Å². The fraction of sp³-hybridized carbons (Fsp3) is 0.207. The maximum absolute atomic E-state index is 11.0. The number of nitro benzene ring substituents is 1. The Kier molecular flexibility index (Phi) is 6.73. The fourth-order valence-electron chi connectivity index (χ4n) is 4.55. The van der Waals surface area contributed by atoms with Gasteiger partial charge in [0.1, 0.15) is 0 Å². The molecular weight excluding hydrogens is 454 g/mol. The van der Waals surface area contributed by atoms with Crippen molar-refractivity contribution >= 4 is 50.7 Å². The summed E-state index contributed by atoms with van der Waals surface area (Å²) < 4.78 is 2.47. The number of rotatable bonds is 9. The molecule has 0 aliphatic carbocycles. The number of nitro groups is 1. The van der Waals surface area contributed by atoms with Crippen molar-refractivity contribution in [3.05, 3.63) is 93.9 Å². The number of hydrogen-bond acceptors (Lipinski definition) is 4. The molecule has 0 amide bonds. The number of aliphatic imine (C=N–C) groups is 1. The molecule has 6 heteroatoms. The van der Waals surface area contributed by atoms with E-state index in [0.29, 0.717) is 5.69 Å². The maximum Gasteiger partial charge on any atom is 0.271 e. The van der Waals surface area contributed by atoms with E-state index in [4.69, 9.17) is 0 Å². The lowest BCUT2D eigenvalue weighted by atomic mass is 10.1. The van der Waals surface area contributed by atoms with E-state index in [1.165, 1.54) is 70.1 Å². The minimum atomic E-state index is -0.402. The molecule has 0 fully saturated rings. The Labute approximate surface area is 208 Å². The molecular formula is C29H27N3O2S. The predicted octanol–water partition coefficient (Wildman–Crippen LogP) is 8.76. The van der Waals surface area contributed by atoms with Crippen LogP contribution in [-0.4, -0.2) is 15.7 Å². The summed E-state index contributed by atoms with van der Waals surface area (Å²) in [6, 6.07) is 26.0. The Balaban J connectivity index is 1.43. The van der Waals surface area contributed by atoms with Gasteiger partial charge in [0, 0.05) is 56.5 Å².